The first-order valence-corrected chi connectivity index (χ1v) is 9.12. The van der Waals surface area contributed by atoms with Crippen molar-refractivity contribution < 1.29 is 8.78 Å². The second-order valence-corrected chi connectivity index (χ2v) is 7.47. The topological polar surface area (TPSA) is 0 Å². The summed E-state index contributed by atoms with van der Waals surface area (Å²) in [4.78, 5) is 0. The highest BCUT2D eigenvalue weighted by molar-refractivity contribution is 5.22. The average molecular weight is 306 g/mol. The van der Waals surface area contributed by atoms with Crippen LogP contribution in [0.15, 0.2) is 18.2 Å². The van der Waals surface area contributed by atoms with Crippen molar-refractivity contribution in [3.8, 4) is 0 Å². The largest absolute Gasteiger partial charge is 0.204 e. The van der Waals surface area contributed by atoms with Crippen LogP contribution in [-0.4, -0.2) is 0 Å². The molecule has 2 heteroatoms. The zero-order valence-electron chi connectivity index (χ0n) is 13.7. The van der Waals surface area contributed by atoms with Crippen molar-refractivity contribution in [2.75, 3.05) is 0 Å². The van der Waals surface area contributed by atoms with E-state index in [2.05, 4.69) is 6.92 Å². The molecule has 0 amide bonds. The van der Waals surface area contributed by atoms with E-state index in [4.69, 9.17) is 0 Å². The van der Waals surface area contributed by atoms with Crippen LogP contribution in [0, 0.1) is 29.4 Å². The minimum absolute atomic E-state index is 0.429. The molecule has 1 aromatic carbocycles. The van der Waals surface area contributed by atoms with E-state index in [0.717, 1.165) is 36.2 Å². The normalized spacial score (nSPS) is 32.9. The summed E-state index contributed by atoms with van der Waals surface area (Å²) in [5.41, 5.74) is 0.993. The van der Waals surface area contributed by atoms with E-state index >= 15 is 0 Å². The molecule has 0 heterocycles. The van der Waals surface area contributed by atoms with E-state index in [-0.39, 0.29) is 0 Å². The number of benzene rings is 1. The third-order valence-corrected chi connectivity index (χ3v) is 6.32. The maximum Gasteiger partial charge on any atom is 0.159 e. The lowest BCUT2D eigenvalue weighted by Crippen LogP contribution is -2.25. The maximum atomic E-state index is 13.4. The van der Waals surface area contributed by atoms with Crippen molar-refractivity contribution >= 4 is 0 Å². The van der Waals surface area contributed by atoms with Gasteiger partial charge in [-0.25, -0.2) is 8.78 Å². The van der Waals surface area contributed by atoms with E-state index in [1.54, 1.807) is 6.07 Å². The molecule has 0 saturated heterocycles. The third kappa shape index (κ3) is 3.52. The van der Waals surface area contributed by atoms with Gasteiger partial charge in [0.25, 0.3) is 0 Å². The van der Waals surface area contributed by atoms with Crippen LogP contribution in [-0.2, 0) is 0 Å². The lowest BCUT2D eigenvalue weighted by molar-refractivity contribution is 0.158. The number of hydrogen-bond donors (Lipinski definition) is 0. The Morgan fingerprint density at radius 3 is 1.95 bits per heavy atom. The summed E-state index contributed by atoms with van der Waals surface area (Å²) in [5.74, 6) is 1.77. The Bertz CT molecular complexity index is 480. The summed E-state index contributed by atoms with van der Waals surface area (Å²) in [6.07, 6.45) is 11.8. The predicted octanol–water partition coefficient (Wildman–Crippen LogP) is 6.46. The fourth-order valence-corrected chi connectivity index (χ4v) is 4.76. The average Bonchev–Trinajstić information content (AvgIpc) is 2.58. The quantitative estimate of drug-likeness (QED) is 0.601. The molecule has 0 nitrogen and oxygen atoms in total. The van der Waals surface area contributed by atoms with Crippen molar-refractivity contribution in [1.29, 1.82) is 0 Å². The molecule has 2 aliphatic rings. The van der Waals surface area contributed by atoms with Crippen molar-refractivity contribution in [2.45, 2.75) is 70.6 Å². The summed E-state index contributed by atoms with van der Waals surface area (Å²) in [7, 11) is 0. The highest BCUT2D eigenvalue weighted by Gasteiger charge is 2.31. The standard InChI is InChI=1S/C20H28F2/c1-2-14-3-5-15(6-4-14)16-7-9-17(10-8-16)18-11-12-19(21)20(22)13-18/h11-17H,2-10H2,1H3/t14-,15-,16-,17-. The third-order valence-electron chi connectivity index (χ3n) is 6.32. The molecule has 22 heavy (non-hydrogen) atoms. The first kappa shape index (κ1) is 16.0. The Labute approximate surface area is 133 Å². The van der Waals surface area contributed by atoms with Gasteiger partial charge in [0.05, 0.1) is 0 Å². The zero-order valence-corrected chi connectivity index (χ0v) is 13.7. The Balaban J connectivity index is 1.53. The van der Waals surface area contributed by atoms with E-state index in [9.17, 15) is 8.78 Å². The highest BCUT2D eigenvalue weighted by atomic mass is 19.2. The molecule has 0 aromatic heterocycles. The molecule has 122 valence electrons. The number of rotatable bonds is 3. The van der Waals surface area contributed by atoms with Crippen LogP contribution in [0.5, 0.6) is 0 Å². The fraction of sp³-hybridized carbons (Fsp3) is 0.700. The molecule has 0 atom stereocenters. The molecule has 2 aliphatic carbocycles. The fourth-order valence-electron chi connectivity index (χ4n) is 4.76. The van der Waals surface area contributed by atoms with Crippen LogP contribution >= 0.6 is 0 Å². The summed E-state index contributed by atoms with van der Waals surface area (Å²) in [6, 6.07) is 4.46. The van der Waals surface area contributed by atoms with E-state index < -0.39 is 11.6 Å². The molecule has 0 bridgehead atoms. The minimum Gasteiger partial charge on any atom is -0.204 e. The van der Waals surface area contributed by atoms with Crippen LogP contribution in [0.25, 0.3) is 0 Å². The molecule has 0 spiro atoms. The molecule has 2 fully saturated rings. The van der Waals surface area contributed by atoms with E-state index in [0.29, 0.717) is 5.92 Å². The van der Waals surface area contributed by atoms with Crippen molar-refractivity contribution in [1.82, 2.24) is 0 Å². The molecule has 0 aliphatic heterocycles. The van der Waals surface area contributed by atoms with E-state index in [1.807, 2.05) is 0 Å². The Morgan fingerprint density at radius 1 is 0.818 bits per heavy atom. The Hall–Kier alpha value is -0.920. The molecule has 1 aromatic rings. The van der Waals surface area contributed by atoms with Gasteiger partial charge in [0.2, 0.25) is 0 Å². The zero-order chi connectivity index (χ0) is 15.5. The molecule has 0 N–H and O–H groups in total. The number of halogens is 2. The van der Waals surface area contributed by atoms with Crippen LogP contribution in [0.4, 0.5) is 8.78 Å². The van der Waals surface area contributed by atoms with Gasteiger partial charge in [-0.15, -0.1) is 0 Å². The van der Waals surface area contributed by atoms with E-state index in [1.165, 1.54) is 57.1 Å². The van der Waals surface area contributed by atoms with Crippen LogP contribution in [0.1, 0.15) is 76.2 Å². The lowest BCUT2D eigenvalue weighted by Gasteiger charge is -2.38. The molecule has 0 unspecified atom stereocenters. The monoisotopic (exact) mass is 306 g/mol. The number of hydrogen-bond acceptors (Lipinski definition) is 0. The van der Waals surface area contributed by atoms with Gasteiger partial charge >= 0.3 is 0 Å². The van der Waals surface area contributed by atoms with Crippen LogP contribution < -0.4 is 0 Å². The van der Waals surface area contributed by atoms with Crippen LogP contribution in [0.2, 0.25) is 0 Å². The van der Waals surface area contributed by atoms with Gasteiger partial charge in [0.15, 0.2) is 11.6 Å². The maximum absolute atomic E-state index is 13.4. The second-order valence-electron chi connectivity index (χ2n) is 7.47. The van der Waals surface area contributed by atoms with Crippen molar-refractivity contribution in [3.05, 3.63) is 35.4 Å². The SMILES string of the molecule is CC[C@H]1CC[C@H]([C@H]2CC[C@H](c3ccc(F)c(F)c3)CC2)CC1. The lowest BCUT2D eigenvalue weighted by atomic mass is 9.68. The molecular formula is C20H28F2. The second kappa shape index (κ2) is 7.10. The van der Waals surface area contributed by atoms with Gasteiger partial charge in [-0.2, -0.15) is 0 Å². The first-order chi connectivity index (χ1) is 10.7. The molecule has 3 rings (SSSR count). The van der Waals surface area contributed by atoms with Crippen molar-refractivity contribution in [3.63, 3.8) is 0 Å². The molecule has 0 radical (unpaired) electrons. The van der Waals surface area contributed by atoms with Crippen molar-refractivity contribution in [2.24, 2.45) is 17.8 Å². The highest BCUT2D eigenvalue weighted by Crippen LogP contribution is 2.44. The summed E-state index contributed by atoms with van der Waals surface area (Å²) in [5, 5.41) is 0. The summed E-state index contributed by atoms with van der Waals surface area (Å²) < 4.78 is 26.5. The minimum atomic E-state index is -0.731. The first-order valence-electron chi connectivity index (χ1n) is 9.12. The predicted molar refractivity (Wildman–Crippen MR) is 86.8 cm³/mol. The molecule has 2 saturated carbocycles. The van der Waals surface area contributed by atoms with Gasteiger partial charge in [-0.05, 0) is 79.9 Å². The van der Waals surface area contributed by atoms with Crippen LogP contribution in [0.3, 0.4) is 0 Å². The summed E-state index contributed by atoms with van der Waals surface area (Å²) in [6.45, 7) is 2.32. The summed E-state index contributed by atoms with van der Waals surface area (Å²) >= 11 is 0. The van der Waals surface area contributed by atoms with Gasteiger partial charge in [0.1, 0.15) is 0 Å². The van der Waals surface area contributed by atoms with Gasteiger partial charge in [-0.3, -0.25) is 0 Å². The van der Waals surface area contributed by atoms with Gasteiger partial charge < -0.3 is 0 Å². The van der Waals surface area contributed by atoms with Gasteiger partial charge in [-0.1, -0.05) is 32.3 Å². The van der Waals surface area contributed by atoms with Gasteiger partial charge in [0, 0.05) is 0 Å². The Morgan fingerprint density at radius 2 is 1.41 bits per heavy atom. The Kier molecular flexibility index (Phi) is 5.15. The molecular weight excluding hydrogens is 278 g/mol. The smallest absolute Gasteiger partial charge is 0.159 e.